The monoisotopic (exact) mass is 410 g/mol. The van der Waals surface area contributed by atoms with Crippen LogP contribution in [-0.4, -0.2) is 52.0 Å². The molecular weight excluding hydrogens is 388 g/mol. The van der Waals surface area contributed by atoms with Crippen LogP contribution in [0, 0.1) is 0 Å². The maximum absolute atomic E-state index is 13.1. The van der Waals surface area contributed by atoms with Gasteiger partial charge in [-0.05, 0) is 29.7 Å². The first-order valence-electron chi connectivity index (χ1n) is 9.42. The van der Waals surface area contributed by atoms with Gasteiger partial charge >= 0.3 is 0 Å². The first-order chi connectivity index (χ1) is 14.0. The third-order valence-corrected chi connectivity index (χ3v) is 7.02. The number of rotatable bonds is 4. The highest BCUT2D eigenvalue weighted by Crippen LogP contribution is 2.27. The summed E-state index contributed by atoms with van der Waals surface area (Å²) in [4.78, 5) is 14.8. The summed E-state index contributed by atoms with van der Waals surface area (Å²) in [5.74, 6) is -0.264. The molecule has 4 rings (SSSR count). The van der Waals surface area contributed by atoms with Gasteiger partial charge in [0.15, 0.2) is 0 Å². The number of morpholine rings is 1. The summed E-state index contributed by atoms with van der Waals surface area (Å²) in [6.07, 6.45) is 0. The number of hydrogen-bond donors (Lipinski definition) is 0. The highest BCUT2D eigenvalue weighted by molar-refractivity contribution is 7.89. The Hall–Kier alpha value is -2.74. The van der Waals surface area contributed by atoms with Crippen molar-refractivity contribution in [2.75, 3.05) is 38.3 Å². The molecule has 1 amide bonds. The lowest BCUT2D eigenvalue weighted by molar-refractivity contribution is 0.0730. The van der Waals surface area contributed by atoms with Gasteiger partial charge in [0, 0.05) is 31.1 Å². The molecule has 1 heterocycles. The van der Waals surface area contributed by atoms with Crippen molar-refractivity contribution in [3.63, 3.8) is 0 Å². The maximum Gasteiger partial charge on any atom is 0.258 e. The van der Waals surface area contributed by atoms with E-state index in [1.807, 2.05) is 42.5 Å². The zero-order valence-corrected chi connectivity index (χ0v) is 16.9. The fourth-order valence-electron chi connectivity index (χ4n) is 3.53. The second-order valence-electron chi connectivity index (χ2n) is 6.91. The van der Waals surface area contributed by atoms with Gasteiger partial charge in [0.25, 0.3) is 5.91 Å². The summed E-state index contributed by atoms with van der Waals surface area (Å²) in [7, 11) is -1.96. The summed E-state index contributed by atoms with van der Waals surface area (Å²) in [5, 5.41) is 2.00. The molecule has 1 aliphatic heterocycles. The predicted molar refractivity (Wildman–Crippen MR) is 113 cm³/mol. The summed E-state index contributed by atoms with van der Waals surface area (Å²) >= 11 is 0. The SMILES string of the molecule is CN(C(=O)c1cccc(S(=O)(=O)N2CCOCC2)c1)c1cccc2ccccc12. The molecule has 0 unspecified atom stereocenters. The molecule has 150 valence electrons. The molecule has 1 aliphatic rings. The van der Waals surface area contributed by atoms with E-state index in [0.717, 1.165) is 16.5 Å². The van der Waals surface area contributed by atoms with Crippen LogP contribution in [0.15, 0.2) is 71.6 Å². The lowest BCUT2D eigenvalue weighted by Gasteiger charge is -2.26. The molecule has 29 heavy (non-hydrogen) atoms. The predicted octanol–water partition coefficient (Wildman–Crippen LogP) is 3.14. The van der Waals surface area contributed by atoms with Gasteiger partial charge in [-0.1, -0.05) is 42.5 Å². The average molecular weight is 410 g/mol. The number of carbonyl (C=O) groups excluding carboxylic acids is 1. The normalized spacial score (nSPS) is 15.3. The Kier molecular flexibility index (Phi) is 5.36. The van der Waals surface area contributed by atoms with Crippen molar-refractivity contribution in [3.8, 4) is 0 Å². The molecule has 7 heteroatoms. The van der Waals surface area contributed by atoms with Crippen LogP contribution in [0.2, 0.25) is 0 Å². The number of anilines is 1. The van der Waals surface area contributed by atoms with Crippen LogP contribution in [-0.2, 0) is 14.8 Å². The highest BCUT2D eigenvalue weighted by atomic mass is 32.2. The molecule has 0 aliphatic carbocycles. The van der Waals surface area contributed by atoms with E-state index in [1.165, 1.54) is 16.4 Å². The fourth-order valence-corrected chi connectivity index (χ4v) is 4.98. The van der Waals surface area contributed by atoms with Gasteiger partial charge in [-0.15, -0.1) is 0 Å². The van der Waals surface area contributed by atoms with E-state index in [-0.39, 0.29) is 10.8 Å². The zero-order chi connectivity index (χ0) is 20.4. The Balaban J connectivity index is 1.66. The number of sulfonamides is 1. The quantitative estimate of drug-likeness (QED) is 0.663. The van der Waals surface area contributed by atoms with Crippen LogP contribution in [0.3, 0.4) is 0 Å². The van der Waals surface area contributed by atoms with Gasteiger partial charge in [0.2, 0.25) is 10.0 Å². The van der Waals surface area contributed by atoms with Crippen molar-refractivity contribution >= 4 is 32.4 Å². The summed E-state index contributed by atoms with van der Waals surface area (Å²) in [6.45, 7) is 1.39. The molecule has 3 aromatic rings. The molecule has 0 aromatic heterocycles. The highest BCUT2D eigenvalue weighted by Gasteiger charge is 2.27. The Morgan fingerprint density at radius 2 is 1.66 bits per heavy atom. The molecule has 1 fully saturated rings. The van der Waals surface area contributed by atoms with Crippen LogP contribution in [0.5, 0.6) is 0 Å². The van der Waals surface area contributed by atoms with E-state index in [0.29, 0.717) is 31.9 Å². The van der Waals surface area contributed by atoms with E-state index in [1.54, 1.807) is 24.1 Å². The Morgan fingerprint density at radius 3 is 2.45 bits per heavy atom. The van der Waals surface area contributed by atoms with Crippen molar-refractivity contribution in [2.45, 2.75) is 4.90 Å². The van der Waals surface area contributed by atoms with Crippen molar-refractivity contribution < 1.29 is 17.9 Å². The lowest BCUT2D eigenvalue weighted by Crippen LogP contribution is -2.40. The Labute approximate surface area is 170 Å². The number of hydrogen-bond acceptors (Lipinski definition) is 4. The lowest BCUT2D eigenvalue weighted by atomic mass is 10.1. The van der Waals surface area contributed by atoms with Gasteiger partial charge < -0.3 is 9.64 Å². The molecule has 0 saturated carbocycles. The Morgan fingerprint density at radius 1 is 0.966 bits per heavy atom. The average Bonchev–Trinajstić information content (AvgIpc) is 2.78. The van der Waals surface area contributed by atoms with Gasteiger partial charge in [-0.25, -0.2) is 8.42 Å². The van der Waals surface area contributed by atoms with Crippen molar-refractivity contribution in [1.29, 1.82) is 0 Å². The van der Waals surface area contributed by atoms with Crippen LogP contribution in [0.1, 0.15) is 10.4 Å². The van der Waals surface area contributed by atoms with E-state index in [4.69, 9.17) is 4.74 Å². The van der Waals surface area contributed by atoms with Crippen molar-refractivity contribution in [1.82, 2.24) is 4.31 Å². The minimum Gasteiger partial charge on any atom is -0.379 e. The number of benzene rings is 3. The molecule has 0 spiro atoms. The first-order valence-corrected chi connectivity index (χ1v) is 10.9. The number of nitrogens with zero attached hydrogens (tertiary/aromatic N) is 2. The van der Waals surface area contributed by atoms with E-state index < -0.39 is 10.0 Å². The van der Waals surface area contributed by atoms with Crippen molar-refractivity contribution in [2.24, 2.45) is 0 Å². The largest absolute Gasteiger partial charge is 0.379 e. The van der Waals surface area contributed by atoms with Gasteiger partial charge in [0.1, 0.15) is 0 Å². The molecule has 0 atom stereocenters. The Bertz CT molecular complexity index is 1150. The molecule has 0 bridgehead atoms. The van der Waals surface area contributed by atoms with Gasteiger partial charge in [-0.2, -0.15) is 4.31 Å². The van der Waals surface area contributed by atoms with Crippen LogP contribution in [0.4, 0.5) is 5.69 Å². The number of fused-ring (bicyclic) bond motifs is 1. The van der Waals surface area contributed by atoms with E-state index >= 15 is 0 Å². The second-order valence-corrected chi connectivity index (χ2v) is 8.84. The van der Waals surface area contributed by atoms with E-state index in [2.05, 4.69) is 0 Å². The summed E-state index contributed by atoms with van der Waals surface area (Å²) < 4.78 is 32.5. The topological polar surface area (TPSA) is 66.9 Å². The zero-order valence-electron chi connectivity index (χ0n) is 16.1. The molecule has 0 radical (unpaired) electrons. The smallest absolute Gasteiger partial charge is 0.258 e. The van der Waals surface area contributed by atoms with Crippen LogP contribution in [0.25, 0.3) is 10.8 Å². The maximum atomic E-state index is 13.1. The first kappa shape index (κ1) is 19.6. The number of ether oxygens (including phenoxy) is 1. The van der Waals surface area contributed by atoms with Crippen molar-refractivity contribution in [3.05, 3.63) is 72.3 Å². The minimum absolute atomic E-state index is 0.122. The van der Waals surface area contributed by atoms with Gasteiger partial charge in [-0.3, -0.25) is 4.79 Å². The van der Waals surface area contributed by atoms with Crippen LogP contribution >= 0.6 is 0 Å². The second kappa shape index (κ2) is 7.94. The van der Waals surface area contributed by atoms with E-state index in [9.17, 15) is 13.2 Å². The molecule has 6 nitrogen and oxygen atoms in total. The third-order valence-electron chi connectivity index (χ3n) is 5.12. The number of carbonyl (C=O) groups is 1. The summed E-state index contributed by atoms with van der Waals surface area (Å²) in [6, 6.07) is 19.9. The standard InChI is InChI=1S/C22H22N2O4S/c1-23(21-11-5-7-17-6-2-3-10-20(17)21)22(25)18-8-4-9-19(16-18)29(26,27)24-12-14-28-15-13-24/h2-11,16H,12-15H2,1H3. The molecule has 3 aromatic carbocycles. The molecule has 1 saturated heterocycles. The minimum atomic E-state index is -3.66. The fraction of sp³-hybridized carbons (Fsp3) is 0.227. The van der Waals surface area contributed by atoms with Crippen LogP contribution < -0.4 is 4.90 Å². The third kappa shape index (κ3) is 3.76. The summed E-state index contributed by atoms with van der Waals surface area (Å²) in [5.41, 5.74) is 1.10. The van der Waals surface area contributed by atoms with Gasteiger partial charge in [0.05, 0.1) is 23.8 Å². The number of amides is 1. The molecular formula is C22H22N2O4S. The molecule has 0 N–H and O–H groups in total.